The van der Waals surface area contributed by atoms with Gasteiger partial charge in [0.25, 0.3) is 0 Å². The number of hydrogen-bond acceptors (Lipinski definition) is 3. The third kappa shape index (κ3) is 5.31. The molecule has 0 spiro atoms. The molecule has 22 heavy (non-hydrogen) atoms. The Morgan fingerprint density at radius 2 is 2.09 bits per heavy atom. The van der Waals surface area contributed by atoms with Crippen molar-refractivity contribution in [1.82, 2.24) is 0 Å². The van der Waals surface area contributed by atoms with E-state index in [1.54, 1.807) is 7.11 Å². The van der Waals surface area contributed by atoms with Crippen LogP contribution in [0.2, 0.25) is 0 Å². The molecule has 0 radical (unpaired) electrons. The predicted octanol–water partition coefficient (Wildman–Crippen LogP) is 2.35. The molecule has 122 valence electrons. The van der Waals surface area contributed by atoms with Crippen LogP contribution in [0.3, 0.4) is 0 Å². The van der Waals surface area contributed by atoms with Crippen LogP contribution in [-0.2, 0) is 22.3 Å². The lowest BCUT2D eigenvalue weighted by Crippen LogP contribution is -2.24. The number of benzene rings is 1. The van der Waals surface area contributed by atoms with E-state index in [0.29, 0.717) is 32.3 Å². The van der Waals surface area contributed by atoms with Crippen molar-refractivity contribution in [3.05, 3.63) is 29.3 Å². The van der Waals surface area contributed by atoms with Crippen molar-refractivity contribution >= 4 is 11.6 Å². The molecule has 0 aromatic heterocycles. The standard InChI is InChI=1S/C17H27N3O2/c1-21-12-13-22-11-5-10-19-17(18)20-16-9-4-7-14-6-2-3-8-15(14)16/h4,7,9H,2-3,5-6,8,10-13H2,1H3,(H3,18,19,20). The summed E-state index contributed by atoms with van der Waals surface area (Å²) in [5.74, 6) is 0.482. The van der Waals surface area contributed by atoms with Gasteiger partial charge >= 0.3 is 0 Å². The van der Waals surface area contributed by atoms with Gasteiger partial charge in [-0.05, 0) is 49.3 Å². The molecule has 5 nitrogen and oxygen atoms in total. The van der Waals surface area contributed by atoms with E-state index in [0.717, 1.165) is 18.5 Å². The topological polar surface area (TPSA) is 68.9 Å². The number of hydrogen-bond donors (Lipinski definition) is 2. The molecule has 1 aromatic carbocycles. The summed E-state index contributed by atoms with van der Waals surface area (Å²) >= 11 is 0. The highest BCUT2D eigenvalue weighted by Gasteiger charge is 2.12. The van der Waals surface area contributed by atoms with Crippen LogP contribution in [-0.4, -0.2) is 39.4 Å². The van der Waals surface area contributed by atoms with Crippen LogP contribution in [0.4, 0.5) is 5.69 Å². The zero-order chi connectivity index (χ0) is 15.6. The van der Waals surface area contributed by atoms with Gasteiger partial charge < -0.3 is 20.5 Å². The van der Waals surface area contributed by atoms with Crippen molar-refractivity contribution in [3.8, 4) is 0 Å². The SMILES string of the molecule is COCCOCCCN=C(N)Nc1cccc2c1CCCC2. The third-order valence-corrected chi connectivity index (χ3v) is 3.82. The second-order valence-corrected chi connectivity index (χ2v) is 5.50. The Bertz CT molecular complexity index is 489. The number of aliphatic imine (C=N–C) groups is 1. The largest absolute Gasteiger partial charge is 0.382 e. The highest BCUT2D eigenvalue weighted by Crippen LogP contribution is 2.27. The van der Waals surface area contributed by atoms with Gasteiger partial charge in [-0.2, -0.15) is 0 Å². The maximum Gasteiger partial charge on any atom is 0.193 e. The molecular weight excluding hydrogens is 278 g/mol. The highest BCUT2D eigenvalue weighted by molar-refractivity contribution is 5.93. The molecule has 0 bridgehead atoms. The summed E-state index contributed by atoms with van der Waals surface area (Å²) in [6, 6.07) is 6.38. The Hall–Kier alpha value is -1.59. The van der Waals surface area contributed by atoms with Crippen molar-refractivity contribution < 1.29 is 9.47 Å². The van der Waals surface area contributed by atoms with Crippen molar-refractivity contribution in [2.75, 3.05) is 38.8 Å². The molecule has 1 aliphatic carbocycles. The number of aryl methyl sites for hydroxylation is 1. The van der Waals surface area contributed by atoms with Crippen LogP contribution in [0.25, 0.3) is 0 Å². The minimum atomic E-state index is 0.482. The van der Waals surface area contributed by atoms with E-state index in [9.17, 15) is 0 Å². The van der Waals surface area contributed by atoms with Crippen molar-refractivity contribution in [3.63, 3.8) is 0 Å². The van der Waals surface area contributed by atoms with Crippen molar-refractivity contribution in [1.29, 1.82) is 0 Å². The lowest BCUT2D eigenvalue weighted by molar-refractivity contribution is 0.0702. The molecule has 1 aromatic rings. The fraction of sp³-hybridized carbons (Fsp3) is 0.588. The fourth-order valence-electron chi connectivity index (χ4n) is 2.69. The van der Waals surface area contributed by atoms with E-state index in [-0.39, 0.29) is 0 Å². The van der Waals surface area contributed by atoms with Gasteiger partial charge in [0.2, 0.25) is 0 Å². The molecule has 5 heteroatoms. The molecule has 0 atom stereocenters. The number of methoxy groups -OCH3 is 1. The lowest BCUT2D eigenvalue weighted by Gasteiger charge is -2.19. The Labute approximate surface area is 132 Å². The number of ether oxygens (including phenoxy) is 2. The molecule has 1 aliphatic rings. The number of anilines is 1. The Morgan fingerprint density at radius 1 is 1.23 bits per heavy atom. The van der Waals surface area contributed by atoms with E-state index in [1.165, 1.54) is 30.4 Å². The summed E-state index contributed by atoms with van der Waals surface area (Å²) in [7, 11) is 1.67. The number of guanidine groups is 1. The van der Waals surface area contributed by atoms with Gasteiger partial charge in [0.15, 0.2) is 5.96 Å². The zero-order valence-corrected chi connectivity index (χ0v) is 13.4. The average Bonchev–Trinajstić information content (AvgIpc) is 2.54. The summed E-state index contributed by atoms with van der Waals surface area (Å²) in [5, 5.41) is 3.25. The van der Waals surface area contributed by atoms with Crippen molar-refractivity contribution in [2.45, 2.75) is 32.1 Å². The maximum atomic E-state index is 5.98. The average molecular weight is 305 g/mol. The van der Waals surface area contributed by atoms with Gasteiger partial charge in [-0.15, -0.1) is 0 Å². The number of nitrogens with two attached hydrogens (primary N) is 1. The number of fused-ring (bicyclic) bond motifs is 1. The molecule has 0 heterocycles. The van der Waals surface area contributed by atoms with Gasteiger partial charge in [0, 0.05) is 25.9 Å². The molecule has 0 unspecified atom stereocenters. The molecule has 0 saturated heterocycles. The fourth-order valence-corrected chi connectivity index (χ4v) is 2.69. The van der Waals surface area contributed by atoms with Crippen LogP contribution in [0.5, 0.6) is 0 Å². The number of nitrogens with one attached hydrogen (secondary N) is 1. The van der Waals surface area contributed by atoms with Gasteiger partial charge in [-0.3, -0.25) is 4.99 Å². The minimum Gasteiger partial charge on any atom is -0.382 e. The summed E-state index contributed by atoms with van der Waals surface area (Å²) < 4.78 is 10.3. The summed E-state index contributed by atoms with van der Waals surface area (Å²) in [6.45, 7) is 2.61. The van der Waals surface area contributed by atoms with Gasteiger partial charge in [0.05, 0.1) is 13.2 Å². The van der Waals surface area contributed by atoms with Gasteiger partial charge in [-0.1, -0.05) is 12.1 Å². The van der Waals surface area contributed by atoms with Crippen LogP contribution in [0.1, 0.15) is 30.4 Å². The summed E-state index contributed by atoms with van der Waals surface area (Å²) in [4.78, 5) is 4.36. The van der Waals surface area contributed by atoms with Gasteiger partial charge in [0.1, 0.15) is 0 Å². The van der Waals surface area contributed by atoms with Gasteiger partial charge in [-0.25, -0.2) is 0 Å². The molecular formula is C17H27N3O2. The Balaban J connectivity index is 1.77. The third-order valence-electron chi connectivity index (χ3n) is 3.82. The minimum absolute atomic E-state index is 0.482. The van der Waals surface area contributed by atoms with Crippen molar-refractivity contribution in [2.24, 2.45) is 10.7 Å². The van der Waals surface area contributed by atoms with Crippen LogP contribution >= 0.6 is 0 Å². The molecule has 3 N–H and O–H groups in total. The van der Waals surface area contributed by atoms with E-state index in [4.69, 9.17) is 15.2 Å². The first-order valence-electron chi connectivity index (χ1n) is 8.05. The second kappa shape index (κ2) is 9.43. The van der Waals surface area contributed by atoms with Crippen LogP contribution < -0.4 is 11.1 Å². The normalized spacial score (nSPS) is 14.7. The smallest absolute Gasteiger partial charge is 0.193 e. The van der Waals surface area contributed by atoms with E-state index in [2.05, 4.69) is 28.5 Å². The number of nitrogens with zero attached hydrogens (tertiary/aromatic N) is 1. The Kier molecular flexibility index (Phi) is 7.19. The first kappa shape index (κ1) is 16.8. The molecule has 0 amide bonds. The quantitative estimate of drug-likeness (QED) is 0.439. The molecule has 0 saturated carbocycles. The van der Waals surface area contributed by atoms with E-state index >= 15 is 0 Å². The molecule has 0 fully saturated rings. The van der Waals surface area contributed by atoms with Crippen LogP contribution in [0, 0.1) is 0 Å². The first-order valence-corrected chi connectivity index (χ1v) is 8.05. The highest BCUT2D eigenvalue weighted by atomic mass is 16.5. The summed E-state index contributed by atoms with van der Waals surface area (Å²) in [5.41, 5.74) is 9.92. The lowest BCUT2D eigenvalue weighted by atomic mass is 9.90. The summed E-state index contributed by atoms with van der Waals surface area (Å²) in [6.07, 6.45) is 5.68. The van der Waals surface area contributed by atoms with E-state index < -0.39 is 0 Å². The monoisotopic (exact) mass is 305 g/mol. The van der Waals surface area contributed by atoms with E-state index in [1.807, 2.05) is 0 Å². The second-order valence-electron chi connectivity index (χ2n) is 5.50. The zero-order valence-electron chi connectivity index (χ0n) is 13.4. The first-order chi connectivity index (χ1) is 10.8. The number of rotatable bonds is 8. The maximum absolute atomic E-state index is 5.98. The molecule has 0 aliphatic heterocycles. The molecule has 2 rings (SSSR count). The van der Waals surface area contributed by atoms with Crippen LogP contribution in [0.15, 0.2) is 23.2 Å². The Morgan fingerprint density at radius 3 is 2.95 bits per heavy atom. The predicted molar refractivity (Wildman–Crippen MR) is 90.5 cm³/mol.